The van der Waals surface area contributed by atoms with Crippen LogP contribution in [0.15, 0.2) is 17.2 Å². The molecule has 0 amide bonds. The van der Waals surface area contributed by atoms with Crippen molar-refractivity contribution in [3.8, 4) is 0 Å². The number of nitrogens with one attached hydrogen (secondary N) is 1. The van der Waals surface area contributed by atoms with Gasteiger partial charge in [0.2, 0.25) is 0 Å². The third-order valence-corrected chi connectivity index (χ3v) is 2.22. The second-order valence-corrected chi connectivity index (χ2v) is 3.71. The first-order valence-electron chi connectivity index (χ1n) is 5.40. The molecule has 102 valence electrons. The molecule has 0 radical (unpaired) electrons. The molecule has 0 aliphatic rings. The maximum Gasteiger partial charge on any atom is 0.416 e. The van der Waals surface area contributed by atoms with Gasteiger partial charge < -0.3 is 15.0 Å². The number of nitrogens with zero attached hydrogens (tertiary/aromatic N) is 2. The van der Waals surface area contributed by atoms with Crippen LogP contribution in [0.1, 0.15) is 13.3 Å². The highest BCUT2D eigenvalue weighted by molar-refractivity contribution is 5.30. The van der Waals surface area contributed by atoms with E-state index in [1.807, 2.05) is 6.92 Å². The molecule has 0 spiro atoms. The van der Waals surface area contributed by atoms with Gasteiger partial charge in [-0.05, 0) is 6.42 Å². The average molecular weight is 265 g/mol. The smallest absolute Gasteiger partial charge is 0.382 e. The fourth-order valence-corrected chi connectivity index (χ4v) is 1.29. The van der Waals surface area contributed by atoms with Crippen molar-refractivity contribution in [2.75, 3.05) is 11.9 Å². The fraction of sp³-hybridized carbons (Fsp3) is 0.600. The van der Waals surface area contributed by atoms with E-state index >= 15 is 0 Å². The molecule has 2 N–H and O–H groups in total. The summed E-state index contributed by atoms with van der Waals surface area (Å²) in [6.07, 6.45) is -3.76. The van der Waals surface area contributed by atoms with Crippen LogP contribution in [0.4, 0.5) is 19.0 Å². The summed E-state index contributed by atoms with van der Waals surface area (Å²) in [5.41, 5.74) is -0.506. The molecule has 1 unspecified atom stereocenters. The average Bonchev–Trinajstić information content (AvgIpc) is 2.29. The van der Waals surface area contributed by atoms with E-state index in [4.69, 9.17) is 5.11 Å². The van der Waals surface area contributed by atoms with Gasteiger partial charge in [-0.1, -0.05) is 6.92 Å². The molecule has 1 atom stereocenters. The van der Waals surface area contributed by atoms with Gasteiger partial charge >= 0.3 is 6.18 Å². The van der Waals surface area contributed by atoms with Crippen molar-refractivity contribution >= 4 is 5.82 Å². The van der Waals surface area contributed by atoms with Gasteiger partial charge in [-0.3, -0.25) is 4.79 Å². The van der Waals surface area contributed by atoms with E-state index in [1.54, 1.807) is 0 Å². The second-order valence-electron chi connectivity index (χ2n) is 3.71. The van der Waals surface area contributed by atoms with Crippen molar-refractivity contribution < 1.29 is 18.3 Å². The van der Waals surface area contributed by atoms with Gasteiger partial charge in [-0.15, -0.1) is 0 Å². The number of rotatable bonds is 5. The monoisotopic (exact) mass is 265 g/mol. The lowest BCUT2D eigenvalue weighted by Crippen LogP contribution is -2.36. The highest BCUT2D eigenvalue weighted by atomic mass is 19.4. The maximum absolute atomic E-state index is 12.1. The number of alkyl halides is 3. The van der Waals surface area contributed by atoms with Gasteiger partial charge in [0, 0.05) is 18.9 Å². The van der Waals surface area contributed by atoms with Crippen LogP contribution >= 0.6 is 0 Å². The Kier molecular flexibility index (Phi) is 4.71. The molecule has 0 aliphatic heterocycles. The SMILES string of the molecule is CCCn1ccnc(NCC(O)C(F)(F)F)c1=O. The fourth-order valence-electron chi connectivity index (χ4n) is 1.29. The first kappa shape index (κ1) is 14.5. The number of hydrogen-bond donors (Lipinski definition) is 2. The number of hydrogen-bond acceptors (Lipinski definition) is 4. The molecule has 8 heteroatoms. The summed E-state index contributed by atoms with van der Waals surface area (Å²) >= 11 is 0. The van der Waals surface area contributed by atoms with Crippen LogP contribution in [-0.4, -0.2) is 33.5 Å². The van der Waals surface area contributed by atoms with E-state index in [9.17, 15) is 18.0 Å². The standard InChI is InChI=1S/C10H14F3N3O2/c1-2-4-16-5-3-14-8(9(16)18)15-6-7(17)10(11,12)13/h3,5,7,17H,2,4,6H2,1H3,(H,14,15). The first-order chi connectivity index (χ1) is 8.36. The highest BCUT2D eigenvalue weighted by Crippen LogP contribution is 2.19. The van der Waals surface area contributed by atoms with Crippen LogP contribution in [0.2, 0.25) is 0 Å². The Morgan fingerprint density at radius 1 is 1.56 bits per heavy atom. The predicted octanol–water partition coefficient (Wildman–Crippen LogP) is 0.988. The second kappa shape index (κ2) is 5.85. The molecule has 18 heavy (non-hydrogen) atoms. The Morgan fingerprint density at radius 3 is 2.78 bits per heavy atom. The Hall–Kier alpha value is -1.57. The zero-order valence-electron chi connectivity index (χ0n) is 9.74. The van der Waals surface area contributed by atoms with Crippen LogP contribution in [0.25, 0.3) is 0 Å². The molecule has 0 aromatic carbocycles. The minimum Gasteiger partial charge on any atom is -0.382 e. The summed E-state index contributed by atoms with van der Waals surface area (Å²) in [6.45, 7) is 1.52. The molecule has 5 nitrogen and oxygen atoms in total. The summed E-state index contributed by atoms with van der Waals surface area (Å²) < 4.78 is 37.5. The Balaban J connectivity index is 2.74. The molecule has 1 aromatic rings. The van der Waals surface area contributed by atoms with Crippen molar-refractivity contribution in [1.82, 2.24) is 9.55 Å². The maximum atomic E-state index is 12.1. The molecular formula is C10H14F3N3O2. The Labute approximate surface area is 101 Å². The third-order valence-electron chi connectivity index (χ3n) is 2.22. The summed E-state index contributed by atoms with van der Waals surface area (Å²) in [5, 5.41) is 11.0. The molecule has 1 rings (SSSR count). The number of aryl methyl sites for hydroxylation is 1. The normalized spacial score (nSPS) is 13.4. The number of halogens is 3. The topological polar surface area (TPSA) is 67.2 Å². The summed E-state index contributed by atoms with van der Waals surface area (Å²) in [7, 11) is 0. The molecular weight excluding hydrogens is 251 g/mol. The van der Waals surface area contributed by atoms with Gasteiger partial charge in [0.25, 0.3) is 5.56 Å². The Morgan fingerprint density at radius 2 is 2.22 bits per heavy atom. The molecule has 1 aromatic heterocycles. The molecule has 0 fully saturated rings. The highest BCUT2D eigenvalue weighted by Gasteiger charge is 2.38. The van der Waals surface area contributed by atoms with Crippen LogP contribution < -0.4 is 10.9 Å². The molecule has 0 aliphatic carbocycles. The zero-order valence-corrected chi connectivity index (χ0v) is 9.74. The minimum atomic E-state index is -4.72. The lowest BCUT2D eigenvalue weighted by Gasteiger charge is -2.15. The largest absolute Gasteiger partial charge is 0.416 e. The van der Waals surface area contributed by atoms with Gasteiger partial charge in [0.05, 0.1) is 6.54 Å². The predicted molar refractivity (Wildman–Crippen MR) is 59.3 cm³/mol. The van der Waals surface area contributed by atoms with Gasteiger partial charge in [0.1, 0.15) is 0 Å². The lowest BCUT2D eigenvalue weighted by molar-refractivity contribution is -0.198. The van der Waals surface area contributed by atoms with Crippen molar-refractivity contribution in [2.24, 2.45) is 0 Å². The first-order valence-corrected chi connectivity index (χ1v) is 5.40. The van der Waals surface area contributed by atoms with E-state index in [-0.39, 0.29) is 5.82 Å². The molecule has 0 saturated carbocycles. The van der Waals surface area contributed by atoms with Crippen molar-refractivity contribution in [1.29, 1.82) is 0 Å². The van der Waals surface area contributed by atoms with E-state index in [1.165, 1.54) is 17.0 Å². The van der Waals surface area contributed by atoms with E-state index < -0.39 is 24.4 Å². The Bertz CT molecular complexity index is 445. The number of aliphatic hydroxyl groups is 1. The number of aromatic nitrogens is 2. The van der Waals surface area contributed by atoms with Crippen LogP contribution in [0, 0.1) is 0 Å². The van der Waals surface area contributed by atoms with Crippen molar-refractivity contribution in [3.05, 3.63) is 22.7 Å². The van der Waals surface area contributed by atoms with E-state index in [2.05, 4.69) is 10.3 Å². The van der Waals surface area contributed by atoms with Gasteiger partial charge in [-0.2, -0.15) is 13.2 Å². The van der Waals surface area contributed by atoms with Crippen LogP contribution in [0.3, 0.4) is 0 Å². The number of aliphatic hydroxyl groups excluding tert-OH is 1. The third kappa shape index (κ3) is 3.73. The summed E-state index contributed by atoms with van der Waals surface area (Å²) in [6, 6.07) is 0. The van der Waals surface area contributed by atoms with Crippen molar-refractivity contribution in [3.63, 3.8) is 0 Å². The van der Waals surface area contributed by atoms with Gasteiger partial charge in [0.15, 0.2) is 11.9 Å². The van der Waals surface area contributed by atoms with E-state index in [0.717, 1.165) is 0 Å². The molecule has 0 saturated heterocycles. The minimum absolute atomic E-state index is 0.200. The summed E-state index contributed by atoms with van der Waals surface area (Å²) in [5.74, 6) is -0.200. The van der Waals surface area contributed by atoms with Crippen molar-refractivity contribution in [2.45, 2.75) is 32.2 Å². The van der Waals surface area contributed by atoms with Crippen LogP contribution in [0.5, 0.6) is 0 Å². The lowest BCUT2D eigenvalue weighted by atomic mass is 10.3. The zero-order chi connectivity index (χ0) is 13.8. The van der Waals surface area contributed by atoms with E-state index in [0.29, 0.717) is 13.0 Å². The van der Waals surface area contributed by atoms with Crippen LogP contribution in [-0.2, 0) is 6.54 Å². The van der Waals surface area contributed by atoms with Gasteiger partial charge in [-0.25, -0.2) is 4.98 Å². The quantitative estimate of drug-likeness (QED) is 0.833. The number of anilines is 1. The molecule has 1 heterocycles. The summed E-state index contributed by atoms with van der Waals surface area (Å²) in [4.78, 5) is 15.3. The molecule has 0 bridgehead atoms.